The molecule has 2 heterocycles. The zero-order valence-electron chi connectivity index (χ0n) is 50.4. The van der Waals surface area contributed by atoms with E-state index in [0.29, 0.717) is 104 Å². The van der Waals surface area contributed by atoms with E-state index in [2.05, 4.69) is 26.6 Å². The molecule has 472 valence electrons. The predicted octanol–water partition coefficient (Wildman–Crippen LogP) is 8.90. The summed E-state index contributed by atoms with van der Waals surface area (Å²) in [6, 6.07) is 26.7. The third-order valence-corrected chi connectivity index (χ3v) is 17.6. The molecule has 2 aliphatic carbocycles. The first-order chi connectivity index (χ1) is 42.1. The monoisotopic (exact) mass is 1210 g/mol. The number of unbranched alkanes of at least 4 members (excludes halogenated alkanes) is 2. The van der Waals surface area contributed by atoms with E-state index >= 15 is 9.59 Å². The van der Waals surface area contributed by atoms with Crippen LogP contribution in [0, 0.1) is 22.5 Å². The number of benzene rings is 4. The Labute approximate surface area is 509 Å². The molecule has 8 rings (SSSR count). The molecule has 6 N–H and O–H groups in total. The minimum absolute atomic E-state index is 0.0174. The van der Waals surface area contributed by atoms with Gasteiger partial charge in [0.25, 0.3) is 11.8 Å². The molecule has 0 aromatic heterocycles. The van der Waals surface area contributed by atoms with Crippen LogP contribution in [0.5, 0.6) is 0 Å². The predicted molar refractivity (Wildman–Crippen MR) is 323 cm³/mol. The van der Waals surface area contributed by atoms with E-state index in [1.807, 2.05) is 60.7 Å². The highest BCUT2D eigenvalue weighted by Crippen LogP contribution is 2.46. The van der Waals surface area contributed by atoms with Gasteiger partial charge in [-0.3, -0.25) is 9.59 Å². The average molecular weight is 1210 g/mol. The van der Waals surface area contributed by atoms with E-state index in [0.717, 1.165) is 47.9 Å². The summed E-state index contributed by atoms with van der Waals surface area (Å²) in [7, 11) is 0. The third-order valence-electron chi connectivity index (χ3n) is 17.6. The van der Waals surface area contributed by atoms with Gasteiger partial charge in [0.1, 0.15) is 11.6 Å². The summed E-state index contributed by atoms with van der Waals surface area (Å²) in [5.74, 6) is -2.27. The minimum atomic E-state index is -1.84. The van der Waals surface area contributed by atoms with E-state index < -0.39 is 77.0 Å². The number of aliphatic hydroxyl groups is 1. The molecule has 2 aliphatic heterocycles. The number of alkyl carbamates (subject to hydrolysis) is 1. The summed E-state index contributed by atoms with van der Waals surface area (Å²) in [6.07, 6.45) is 1.50. The van der Waals surface area contributed by atoms with Crippen molar-refractivity contribution in [1.82, 2.24) is 41.3 Å². The van der Waals surface area contributed by atoms with Gasteiger partial charge in [-0.2, -0.15) is 0 Å². The second-order valence-corrected chi connectivity index (χ2v) is 24.0. The molecule has 2 saturated heterocycles. The van der Waals surface area contributed by atoms with Crippen LogP contribution < -0.4 is 26.6 Å². The number of urea groups is 2. The van der Waals surface area contributed by atoms with Crippen LogP contribution in [0.3, 0.4) is 0 Å². The zero-order chi connectivity index (χ0) is 61.6. The van der Waals surface area contributed by atoms with Gasteiger partial charge in [0.2, 0.25) is 6.10 Å². The summed E-state index contributed by atoms with van der Waals surface area (Å²) in [5.41, 5.74) is 2.16. The van der Waals surface area contributed by atoms with Crippen molar-refractivity contribution in [3.05, 3.63) is 143 Å². The van der Waals surface area contributed by atoms with Gasteiger partial charge in [0, 0.05) is 51.2 Å². The Kier molecular flexibility index (Phi) is 24.6. The second-order valence-electron chi connectivity index (χ2n) is 24.0. The quantitative estimate of drug-likeness (QED) is 0.0281. The number of hydrogen-bond donors (Lipinski definition) is 6. The topological polar surface area (TPSA) is 229 Å². The van der Waals surface area contributed by atoms with Crippen molar-refractivity contribution in [1.29, 1.82) is 0 Å². The number of rotatable bonds is 29. The van der Waals surface area contributed by atoms with E-state index in [4.69, 9.17) is 18.9 Å². The fourth-order valence-corrected chi connectivity index (χ4v) is 12.1. The number of amides is 8. The largest absolute Gasteiger partial charge is 0.449 e. The molecular weight excluding hydrogens is 1120 g/mol. The van der Waals surface area contributed by atoms with Crippen LogP contribution in [0.15, 0.2) is 109 Å². The molecular formula is C66H88F2N8O11. The lowest BCUT2D eigenvalue weighted by Crippen LogP contribution is -2.59. The fourth-order valence-electron chi connectivity index (χ4n) is 12.1. The van der Waals surface area contributed by atoms with Gasteiger partial charge >= 0.3 is 24.2 Å². The highest BCUT2D eigenvalue weighted by molar-refractivity contribution is 5.86. The Hall–Kier alpha value is -7.36. The normalized spacial score (nSPS) is 18.1. The molecule has 4 aromatic carbocycles. The first-order valence-electron chi connectivity index (χ1n) is 31.1. The van der Waals surface area contributed by atoms with Crippen molar-refractivity contribution in [3.63, 3.8) is 0 Å². The van der Waals surface area contributed by atoms with Crippen LogP contribution >= 0.6 is 0 Å². The van der Waals surface area contributed by atoms with Crippen molar-refractivity contribution in [2.45, 2.75) is 140 Å². The van der Waals surface area contributed by atoms with Crippen molar-refractivity contribution in [3.8, 4) is 0 Å². The molecule has 4 fully saturated rings. The molecule has 21 heteroatoms. The van der Waals surface area contributed by atoms with Crippen LogP contribution in [-0.2, 0) is 41.4 Å². The van der Waals surface area contributed by atoms with Crippen LogP contribution in [0.25, 0.3) is 0 Å². The van der Waals surface area contributed by atoms with Gasteiger partial charge < -0.3 is 65.3 Å². The van der Waals surface area contributed by atoms with Crippen LogP contribution in [0.4, 0.5) is 28.0 Å². The molecule has 4 aromatic rings. The molecule has 6 atom stereocenters. The lowest BCUT2D eigenvalue weighted by atomic mass is 9.65. The standard InChI is InChI=1S/C66H88F2N8O11/c1-47(51-15-5-3-6-16-51)71-59(78)57(77)56(20-10-12-34-70-62(81)75-37-41-85-42-38-75)76(45-65(29-13-30-65)43-49-21-25-53(67)26-22-49)64(83)87-58(60(79)72-48(2)52-17-7-4-8-18-52)55(19-9-11-33-69-61(80)74-35-39-84-40-36-74)73-63(82)86-46-66(31-14-32-66)44-50-23-27-54(68)28-24-50/h3-8,15-18,21-28,47-48,55-58,77H,9-14,19-20,29-46H2,1-2H3,(H,69,80)(H,70,81)(H,71,78)(H,72,79)(H,73,82)/t47-,48-,55+,56?,57?,58?/m1/s1. The summed E-state index contributed by atoms with van der Waals surface area (Å²) < 4.78 is 51.8. The molecule has 4 aliphatic rings. The maximum absolute atomic E-state index is 15.9. The average Bonchev–Trinajstić information content (AvgIpc) is 1.53. The lowest BCUT2D eigenvalue weighted by molar-refractivity contribution is -0.137. The number of hydrogen-bond acceptors (Lipinski definition) is 11. The Balaban J connectivity index is 1.12. The van der Waals surface area contributed by atoms with Gasteiger partial charge in [-0.05, 0) is 143 Å². The number of carbonyl (C=O) groups excluding carboxylic acids is 6. The minimum Gasteiger partial charge on any atom is -0.449 e. The molecule has 3 unspecified atom stereocenters. The highest BCUT2D eigenvalue weighted by Gasteiger charge is 2.46. The van der Waals surface area contributed by atoms with Gasteiger partial charge in [-0.1, -0.05) is 97.8 Å². The molecule has 8 amide bonds. The van der Waals surface area contributed by atoms with E-state index in [1.165, 1.54) is 29.2 Å². The molecule has 0 spiro atoms. The number of ether oxygens (including phenoxy) is 4. The number of nitrogens with zero attached hydrogens (tertiary/aromatic N) is 3. The maximum Gasteiger partial charge on any atom is 0.411 e. The van der Waals surface area contributed by atoms with Crippen molar-refractivity contribution in [2.24, 2.45) is 10.8 Å². The van der Waals surface area contributed by atoms with Crippen molar-refractivity contribution >= 4 is 36.1 Å². The van der Waals surface area contributed by atoms with Crippen molar-refractivity contribution in [2.75, 3.05) is 78.8 Å². The molecule has 19 nitrogen and oxygen atoms in total. The van der Waals surface area contributed by atoms with Gasteiger partial charge in [0.15, 0.2) is 6.10 Å². The highest BCUT2D eigenvalue weighted by atomic mass is 19.1. The molecule has 0 bridgehead atoms. The lowest BCUT2D eigenvalue weighted by Gasteiger charge is -2.47. The van der Waals surface area contributed by atoms with E-state index in [-0.39, 0.29) is 57.0 Å². The first-order valence-corrected chi connectivity index (χ1v) is 31.1. The zero-order valence-corrected chi connectivity index (χ0v) is 50.4. The maximum atomic E-state index is 15.9. The Morgan fingerprint density at radius 2 is 1.06 bits per heavy atom. The van der Waals surface area contributed by atoms with Crippen LogP contribution in [-0.4, -0.2) is 159 Å². The second kappa shape index (κ2) is 32.6. The van der Waals surface area contributed by atoms with Crippen LogP contribution in [0.2, 0.25) is 0 Å². The smallest absolute Gasteiger partial charge is 0.411 e. The summed E-state index contributed by atoms with van der Waals surface area (Å²) in [4.78, 5) is 91.1. The number of halogens is 2. The Bertz CT molecular complexity index is 2820. The number of aliphatic hydroxyl groups excluding tert-OH is 1. The van der Waals surface area contributed by atoms with E-state index in [1.54, 1.807) is 47.9 Å². The molecule has 0 radical (unpaired) electrons. The van der Waals surface area contributed by atoms with E-state index in [9.17, 15) is 33.1 Å². The first kappa shape index (κ1) is 65.6. The fraction of sp³-hybridized carbons (Fsp3) is 0.545. The summed E-state index contributed by atoms with van der Waals surface area (Å²) in [5, 5.41) is 27.4. The Morgan fingerprint density at radius 1 is 0.598 bits per heavy atom. The van der Waals surface area contributed by atoms with Crippen LogP contribution in [0.1, 0.15) is 125 Å². The van der Waals surface area contributed by atoms with Gasteiger partial charge in [0.05, 0.1) is 57.2 Å². The third kappa shape index (κ3) is 19.6. The van der Waals surface area contributed by atoms with Crippen molar-refractivity contribution < 1.29 is 61.6 Å². The number of nitrogens with one attached hydrogen (secondary N) is 5. The summed E-state index contributed by atoms with van der Waals surface area (Å²) in [6.45, 7) is 7.55. The number of carbonyl (C=O) groups is 6. The molecule has 2 saturated carbocycles. The molecule has 87 heavy (non-hydrogen) atoms. The number of morpholine rings is 2. The SMILES string of the molecule is C[C@@H](NC(=O)C(O)C(CCCCNC(=O)N1CCOCC1)N(CC1(Cc2ccc(F)cc2)CCC1)C(=O)OC(C(=O)N[C@H](C)c1ccccc1)[C@H](CCCCNC(=O)N1CCOCC1)NC(=O)OCC1(Cc2ccc(F)cc2)CCC1)c1ccccc1. The Morgan fingerprint density at radius 3 is 1.53 bits per heavy atom. The summed E-state index contributed by atoms with van der Waals surface area (Å²) >= 11 is 0. The van der Waals surface area contributed by atoms with Gasteiger partial charge in [-0.15, -0.1) is 0 Å². The van der Waals surface area contributed by atoms with Gasteiger partial charge in [-0.25, -0.2) is 28.0 Å².